The molecule has 1 nitrogen and oxygen atoms in total. The smallest absolute Gasteiger partial charge is 0.0931 e. The minimum Gasteiger partial charge on any atom is -0.305 e. The third-order valence-corrected chi connectivity index (χ3v) is 5.38. The molecule has 0 aliphatic carbocycles. The van der Waals surface area contributed by atoms with Gasteiger partial charge < -0.3 is 5.32 Å². The van der Waals surface area contributed by atoms with Crippen LogP contribution < -0.4 is 5.32 Å². The van der Waals surface area contributed by atoms with Crippen molar-refractivity contribution in [2.45, 2.75) is 32.7 Å². The lowest BCUT2D eigenvalue weighted by Gasteiger charge is -2.15. The van der Waals surface area contributed by atoms with E-state index in [0.717, 1.165) is 23.7 Å². The molecule has 2 heterocycles. The summed E-state index contributed by atoms with van der Waals surface area (Å²) in [5.74, 6) is 0. The third kappa shape index (κ3) is 3.35. The van der Waals surface area contributed by atoms with E-state index in [4.69, 9.17) is 11.6 Å². The summed E-state index contributed by atoms with van der Waals surface area (Å²) >= 11 is 9.62. The standard InChI is InChI=1S/C14H18ClNS2/c1-3-9-16-14(12-7-8-13(15)18-12)11-6-5-10(4-2)17-11/h5-8,14,16H,3-4,9H2,1-2H3. The molecule has 0 saturated heterocycles. The number of halogens is 1. The van der Waals surface area contributed by atoms with Crippen LogP contribution in [-0.2, 0) is 6.42 Å². The van der Waals surface area contributed by atoms with Crippen molar-refractivity contribution in [3.05, 3.63) is 43.2 Å². The first-order valence-corrected chi connectivity index (χ1v) is 8.33. The van der Waals surface area contributed by atoms with E-state index in [9.17, 15) is 0 Å². The topological polar surface area (TPSA) is 12.0 Å². The summed E-state index contributed by atoms with van der Waals surface area (Å²) in [6.07, 6.45) is 2.25. The molecule has 2 aromatic rings. The van der Waals surface area contributed by atoms with Crippen LogP contribution in [0.1, 0.15) is 40.9 Å². The molecule has 0 bridgehead atoms. The molecule has 0 aliphatic heterocycles. The predicted octanol–water partition coefficient (Wildman–Crippen LogP) is 5.11. The summed E-state index contributed by atoms with van der Waals surface area (Å²) in [5.41, 5.74) is 0. The Hall–Kier alpha value is -0.350. The van der Waals surface area contributed by atoms with Gasteiger partial charge in [-0.3, -0.25) is 0 Å². The lowest BCUT2D eigenvalue weighted by Crippen LogP contribution is -2.21. The van der Waals surface area contributed by atoms with Gasteiger partial charge in [0.15, 0.2) is 0 Å². The van der Waals surface area contributed by atoms with Gasteiger partial charge in [0.1, 0.15) is 0 Å². The van der Waals surface area contributed by atoms with E-state index >= 15 is 0 Å². The van der Waals surface area contributed by atoms with Gasteiger partial charge in [-0.2, -0.15) is 0 Å². The van der Waals surface area contributed by atoms with Gasteiger partial charge >= 0.3 is 0 Å². The Bertz CT molecular complexity index is 489. The lowest BCUT2D eigenvalue weighted by atomic mass is 10.2. The molecule has 1 atom stereocenters. The Morgan fingerprint density at radius 3 is 2.39 bits per heavy atom. The highest BCUT2D eigenvalue weighted by Gasteiger charge is 2.17. The van der Waals surface area contributed by atoms with Gasteiger partial charge in [-0.1, -0.05) is 25.4 Å². The minimum atomic E-state index is 0.299. The van der Waals surface area contributed by atoms with Crippen molar-refractivity contribution in [3.8, 4) is 0 Å². The molecule has 0 aliphatic rings. The summed E-state index contributed by atoms with van der Waals surface area (Å²) in [4.78, 5) is 4.13. The van der Waals surface area contributed by atoms with Crippen LogP contribution in [0.2, 0.25) is 4.34 Å². The van der Waals surface area contributed by atoms with Gasteiger partial charge in [0, 0.05) is 14.6 Å². The number of rotatable bonds is 6. The van der Waals surface area contributed by atoms with Crippen LogP contribution in [0.3, 0.4) is 0 Å². The van der Waals surface area contributed by atoms with Crippen LogP contribution >= 0.6 is 34.3 Å². The Kier molecular flexibility index (Phi) is 5.25. The molecular weight excluding hydrogens is 282 g/mol. The lowest BCUT2D eigenvalue weighted by molar-refractivity contribution is 0.613. The van der Waals surface area contributed by atoms with Crippen molar-refractivity contribution in [2.24, 2.45) is 0 Å². The van der Waals surface area contributed by atoms with Crippen LogP contribution in [0.15, 0.2) is 24.3 Å². The second kappa shape index (κ2) is 6.71. The molecule has 0 amide bonds. The fourth-order valence-electron chi connectivity index (χ4n) is 1.85. The fraction of sp³-hybridized carbons (Fsp3) is 0.429. The molecule has 1 unspecified atom stereocenters. The number of hydrogen-bond donors (Lipinski definition) is 1. The molecule has 2 aromatic heterocycles. The molecule has 0 radical (unpaired) electrons. The van der Waals surface area contributed by atoms with E-state index < -0.39 is 0 Å². The average Bonchev–Trinajstić information content (AvgIpc) is 2.99. The maximum absolute atomic E-state index is 6.05. The van der Waals surface area contributed by atoms with Crippen molar-refractivity contribution >= 4 is 34.3 Å². The van der Waals surface area contributed by atoms with Crippen LogP contribution in [0.25, 0.3) is 0 Å². The molecule has 0 aromatic carbocycles. The van der Waals surface area contributed by atoms with Crippen molar-refractivity contribution < 1.29 is 0 Å². The van der Waals surface area contributed by atoms with Gasteiger partial charge in [0.2, 0.25) is 0 Å². The van der Waals surface area contributed by atoms with Crippen molar-refractivity contribution in [1.82, 2.24) is 5.32 Å². The zero-order chi connectivity index (χ0) is 13.0. The summed E-state index contributed by atoms with van der Waals surface area (Å²) in [6, 6.07) is 8.88. The number of hydrogen-bond acceptors (Lipinski definition) is 3. The minimum absolute atomic E-state index is 0.299. The highest BCUT2D eigenvalue weighted by atomic mass is 35.5. The molecule has 4 heteroatoms. The van der Waals surface area contributed by atoms with Crippen molar-refractivity contribution in [1.29, 1.82) is 0 Å². The van der Waals surface area contributed by atoms with E-state index in [2.05, 4.69) is 37.4 Å². The normalized spacial score (nSPS) is 12.8. The Morgan fingerprint density at radius 2 is 1.83 bits per heavy atom. The molecule has 0 fully saturated rings. The highest BCUT2D eigenvalue weighted by Crippen LogP contribution is 2.34. The first kappa shape index (κ1) is 14.1. The van der Waals surface area contributed by atoms with Crippen LogP contribution in [0.4, 0.5) is 0 Å². The van der Waals surface area contributed by atoms with Crippen LogP contribution in [0, 0.1) is 0 Å². The molecule has 0 spiro atoms. The summed E-state index contributed by atoms with van der Waals surface area (Å²) in [5, 5.41) is 3.61. The molecule has 0 saturated carbocycles. The van der Waals surface area contributed by atoms with E-state index in [1.54, 1.807) is 11.3 Å². The first-order chi connectivity index (χ1) is 8.74. The van der Waals surface area contributed by atoms with E-state index in [1.165, 1.54) is 14.6 Å². The third-order valence-electron chi connectivity index (χ3n) is 2.79. The van der Waals surface area contributed by atoms with Gasteiger partial charge in [0.25, 0.3) is 0 Å². The Balaban J connectivity index is 2.24. The molecule has 2 rings (SSSR count). The second-order valence-electron chi connectivity index (χ2n) is 4.19. The summed E-state index contributed by atoms with van der Waals surface area (Å²) in [6.45, 7) is 5.42. The monoisotopic (exact) mass is 299 g/mol. The maximum atomic E-state index is 6.05. The van der Waals surface area contributed by atoms with Crippen LogP contribution in [-0.4, -0.2) is 6.54 Å². The first-order valence-electron chi connectivity index (χ1n) is 6.31. The second-order valence-corrected chi connectivity index (χ2v) is 7.13. The molecule has 98 valence electrons. The Labute approximate surface area is 122 Å². The van der Waals surface area contributed by atoms with Gasteiger partial charge in [0.05, 0.1) is 10.4 Å². The van der Waals surface area contributed by atoms with Gasteiger partial charge in [-0.25, -0.2) is 0 Å². The summed E-state index contributed by atoms with van der Waals surface area (Å²) in [7, 11) is 0. The SMILES string of the molecule is CCCNC(c1ccc(Cl)s1)c1ccc(CC)s1. The van der Waals surface area contributed by atoms with Gasteiger partial charge in [-0.15, -0.1) is 22.7 Å². The number of aryl methyl sites for hydroxylation is 1. The molecular formula is C14H18ClNS2. The van der Waals surface area contributed by atoms with E-state index in [-0.39, 0.29) is 0 Å². The zero-order valence-electron chi connectivity index (χ0n) is 10.7. The molecule has 1 N–H and O–H groups in total. The highest BCUT2D eigenvalue weighted by molar-refractivity contribution is 7.16. The van der Waals surface area contributed by atoms with E-state index in [1.807, 2.05) is 17.4 Å². The van der Waals surface area contributed by atoms with E-state index in [0.29, 0.717) is 6.04 Å². The van der Waals surface area contributed by atoms with Crippen LogP contribution in [0.5, 0.6) is 0 Å². The van der Waals surface area contributed by atoms with Crippen molar-refractivity contribution in [3.63, 3.8) is 0 Å². The predicted molar refractivity (Wildman–Crippen MR) is 83.2 cm³/mol. The van der Waals surface area contributed by atoms with Gasteiger partial charge in [-0.05, 0) is 43.7 Å². The number of thiophene rings is 2. The maximum Gasteiger partial charge on any atom is 0.0931 e. The fourth-order valence-corrected chi connectivity index (χ4v) is 4.13. The van der Waals surface area contributed by atoms with Crippen molar-refractivity contribution in [2.75, 3.05) is 6.54 Å². The number of nitrogens with one attached hydrogen (secondary N) is 1. The Morgan fingerprint density at radius 1 is 1.11 bits per heavy atom. The quantitative estimate of drug-likeness (QED) is 0.781. The zero-order valence-corrected chi connectivity index (χ0v) is 13.1. The molecule has 18 heavy (non-hydrogen) atoms. The largest absolute Gasteiger partial charge is 0.305 e. The summed E-state index contributed by atoms with van der Waals surface area (Å²) < 4.78 is 0.862. The average molecular weight is 300 g/mol.